The van der Waals surface area contributed by atoms with Gasteiger partial charge in [0.25, 0.3) is 0 Å². The van der Waals surface area contributed by atoms with E-state index < -0.39 is 0 Å². The number of carbonyl (C=O) groups excluding carboxylic acids is 1. The van der Waals surface area contributed by atoms with E-state index in [0.717, 1.165) is 43.6 Å². The van der Waals surface area contributed by atoms with Crippen LogP contribution in [0.2, 0.25) is 0 Å². The second-order valence-electron chi connectivity index (χ2n) is 7.76. The molecule has 0 bridgehead atoms. The number of nitrogens with one attached hydrogen (secondary N) is 1. The lowest BCUT2D eigenvalue weighted by Gasteiger charge is -2.37. The van der Waals surface area contributed by atoms with E-state index in [2.05, 4.69) is 15.3 Å². The van der Waals surface area contributed by atoms with Gasteiger partial charge in [-0.05, 0) is 37.5 Å². The molecule has 1 aromatic rings. The molecule has 5 heteroatoms. The van der Waals surface area contributed by atoms with Gasteiger partial charge in [0.15, 0.2) is 0 Å². The van der Waals surface area contributed by atoms with Crippen LogP contribution < -0.4 is 5.32 Å². The van der Waals surface area contributed by atoms with E-state index >= 15 is 0 Å². The second kappa shape index (κ2) is 7.08. The van der Waals surface area contributed by atoms with E-state index in [1.54, 1.807) is 12.4 Å². The zero-order valence-electron chi connectivity index (χ0n) is 14.4. The van der Waals surface area contributed by atoms with Crippen molar-refractivity contribution in [1.29, 1.82) is 0 Å². The summed E-state index contributed by atoms with van der Waals surface area (Å²) in [4.78, 5) is 23.1. The minimum absolute atomic E-state index is 0.000124. The summed E-state index contributed by atoms with van der Waals surface area (Å²) in [6.45, 7) is 1.77. The maximum absolute atomic E-state index is 12.4. The molecule has 0 radical (unpaired) electrons. The number of amides is 2. The number of hydrogen-bond donors (Lipinski definition) is 1. The first kappa shape index (κ1) is 15.9. The Morgan fingerprint density at radius 1 is 0.917 bits per heavy atom. The van der Waals surface area contributed by atoms with Crippen molar-refractivity contribution in [3.8, 4) is 0 Å². The molecule has 3 fully saturated rings. The van der Waals surface area contributed by atoms with Crippen LogP contribution in [0.1, 0.15) is 69.5 Å². The minimum atomic E-state index is -0.000124. The Bertz CT molecular complexity index is 555. The monoisotopic (exact) mass is 328 g/mol. The first-order valence-corrected chi connectivity index (χ1v) is 9.67. The molecule has 4 rings (SSSR count). The Kier molecular flexibility index (Phi) is 4.67. The molecule has 5 nitrogen and oxygen atoms in total. The molecule has 0 unspecified atom stereocenters. The van der Waals surface area contributed by atoms with Gasteiger partial charge < -0.3 is 10.2 Å². The van der Waals surface area contributed by atoms with Gasteiger partial charge in [-0.3, -0.25) is 0 Å². The van der Waals surface area contributed by atoms with Crippen molar-refractivity contribution in [2.24, 2.45) is 11.8 Å². The van der Waals surface area contributed by atoms with E-state index in [0.29, 0.717) is 11.6 Å². The van der Waals surface area contributed by atoms with E-state index in [9.17, 15) is 4.79 Å². The summed E-state index contributed by atoms with van der Waals surface area (Å²) in [6.07, 6.45) is 15.2. The number of urea groups is 1. The van der Waals surface area contributed by atoms with Crippen LogP contribution in [-0.4, -0.2) is 34.0 Å². The van der Waals surface area contributed by atoms with Crippen molar-refractivity contribution in [3.05, 3.63) is 18.2 Å². The Balaban J connectivity index is 1.26. The molecule has 2 amide bonds. The summed E-state index contributed by atoms with van der Waals surface area (Å²) in [5.74, 6) is 3.21. The highest BCUT2D eigenvalue weighted by Gasteiger charge is 2.29. The molecular weight excluding hydrogens is 300 g/mol. The molecule has 2 heterocycles. The lowest BCUT2D eigenvalue weighted by molar-refractivity contribution is 0.141. The van der Waals surface area contributed by atoms with Gasteiger partial charge in [-0.15, -0.1) is 0 Å². The van der Waals surface area contributed by atoms with E-state index in [1.807, 2.05) is 4.90 Å². The number of nitrogens with zero attached hydrogens (tertiary/aromatic N) is 3. The van der Waals surface area contributed by atoms with Gasteiger partial charge in [0.2, 0.25) is 0 Å². The van der Waals surface area contributed by atoms with Crippen LogP contribution in [0.25, 0.3) is 0 Å². The molecule has 2 saturated carbocycles. The maximum atomic E-state index is 12.4. The highest BCUT2D eigenvalue weighted by molar-refractivity contribution is 5.89. The number of likely N-dealkylation sites (tertiary alicyclic amines) is 1. The molecule has 0 atom stereocenters. The fourth-order valence-electron chi connectivity index (χ4n) is 4.34. The summed E-state index contributed by atoms with van der Waals surface area (Å²) in [5.41, 5.74) is 0.707. The van der Waals surface area contributed by atoms with Crippen LogP contribution >= 0.6 is 0 Å². The number of rotatable bonds is 3. The molecule has 1 N–H and O–H groups in total. The zero-order valence-corrected chi connectivity index (χ0v) is 14.4. The highest BCUT2D eigenvalue weighted by Crippen LogP contribution is 2.38. The van der Waals surface area contributed by atoms with Crippen LogP contribution in [-0.2, 0) is 0 Å². The van der Waals surface area contributed by atoms with Crippen LogP contribution in [0.3, 0.4) is 0 Å². The Morgan fingerprint density at radius 3 is 2.17 bits per heavy atom. The van der Waals surface area contributed by atoms with Crippen LogP contribution in [0.15, 0.2) is 12.4 Å². The second-order valence-corrected chi connectivity index (χ2v) is 7.76. The van der Waals surface area contributed by atoms with Gasteiger partial charge in [-0.1, -0.05) is 32.1 Å². The van der Waals surface area contributed by atoms with Crippen molar-refractivity contribution in [3.63, 3.8) is 0 Å². The standard InChI is InChI=1S/C19H28N4O/c24-19(22-17-12-20-18(21-13-17)16-6-7-16)23-10-8-15(9-11-23)14-4-2-1-3-5-14/h12-16H,1-11H2,(H,22,24). The maximum Gasteiger partial charge on any atom is 0.321 e. The van der Waals surface area contributed by atoms with Gasteiger partial charge in [0, 0.05) is 19.0 Å². The van der Waals surface area contributed by atoms with Gasteiger partial charge in [-0.2, -0.15) is 0 Å². The van der Waals surface area contributed by atoms with Crippen LogP contribution in [0.5, 0.6) is 0 Å². The average Bonchev–Trinajstić information content (AvgIpc) is 3.48. The normalized spacial score (nSPS) is 23.2. The van der Waals surface area contributed by atoms with Gasteiger partial charge in [-0.25, -0.2) is 14.8 Å². The largest absolute Gasteiger partial charge is 0.325 e. The topological polar surface area (TPSA) is 58.1 Å². The summed E-state index contributed by atoms with van der Waals surface area (Å²) >= 11 is 0. The van der Waals surface area contributed by atoms with Crippen LogP contribution in [0, 0.1) is 11.8 Å². The fraction of sp³-hybridized carbons (Fsp3) is 0.737. The third-order valence-corrected chi connectivity index (χ3v) is 6.01. The third-order valence-electron chi connectivity index (χ3n) is 6.01. The highest BCUT2D eigenvalue weighted by atomic mass is 16.2. The predicted molar refractivity (Wildman–Crippen MR) is 93.9 cm³/mol. The zero-order chi connectivity index (χ0) is 16.4. The number of aromatic nitrogens is 2. The fourth-order valence-corrected chi connectivity index (χ4v) is 4.34. The first-order valence-electron chi connectivity index (χ1n) is 9.67. The Labute approximate surface area is 144 Å². The molecule has 24 heavy (non-hydrogen) atoms. The molecule has 1 saturated heterocycles. The number of anilines is 1. The average molecular weight is 328 g/mol. The summed E-state index contributed by atoms with van der Waals surface area (Å²) < 4.78 is 0. The van der Waals surface area contributed by atoms with E-state index in [-0.39, 0.29) is 6.03 Å². The number of carbonyl (C=O) groups is 1. The van der Waals surface area contributed by atoms with Crippen molar-refractivity contribution < 1.29 is 4.79 Å². The summed E-state index contributed by atoms with van der Waals surface area (Å²) in [6, 6.07) is -0.000124. The molecule has 0 aromatic carbocycles. The van der Waals surface area contributed by atoms with E-state index in [4.69, 9.17) is 0 Å². The van der Waals surface area contributed by atoms with Crippen molar-refractivity contribution >= 4 is 11.7 Å². The molecular formula is C19H28N4O. The molecule has 2 aliphatic carbocycles. The molecule has 1 aliphatic heterocycles. The van der Waals surface area contributed by atoms with Crippen LogP contribution in [0.4, 0.5) is 10.5 Å². The Hall–Kier alpha value is -1.65. The number of piperidine rings is 1. The van der Waals surface area contributed by atoms with Gasteiger partial charge >= 0.3 is 6.03 Å². The van der Waals surface area contributed by atoms with Gasteiger partial charge in [0.1, 0.15) is 5.82 Å². The number of hydrogen-bond acceptors (Lipinski definition) is 3. The molecule has 0 spiro atoms. The van der Waals surface area contributed by atoms with Crippen molar-refractivity contribution in [2.45, 2.75) is 63.7 Å². The smallest absolute Gasteiger partial charge is 0.321 e. The third kappa shape index (κ3) is 3.70. The SMILES string of the molecule is O=C(Nc1cnc(C2CC2)nc1)N1CCC(C2CCCCC2)CC1. The quantitative estimate of drug-likeness (QED) is 0.905. The summed E-state index contributed by atoms with van der Waals surface area (Å²) in [7, 11) is 0. The molecule has 3 aliphatic rings. The predicted octanol–water partition coefficient (Wildman–Crippen LogP) is 4.18. The lowest BCUT2D eigenvalue weighted by atomic mass is 9.76. The van der Waals surface area contributed by atoms with Crippen molar-refractivity contribution in [1.82, 2.24) is 14.9 Å². The van der Waals surface area contributed by atoms with E-state index in [1.165, 1.54) is 44.9 Å². The first-order chi connectivity index (χ1) is 11.8. The van der Waals surface area contributed by atoms with Crippen molar-refractivity contribution in [2.75, 3.05) is 18.4 Å². The lowest BCUT2D eigenvalue weighted by Crippen LogP contribution is -2.42. The summed E-state index contributed by atoms with van der Waals surface area (Å²) in [5, 5.41) is 2.95. The molecule has 130 valence electrons. The van der Waals surface area contributed by atoms with Gasteiger partial charge in [0.05, 0.1) is 18.1 Å². The minimum Gasteiger partial charge on any atom is -0.325 e. The molecule has 1 aromatic heterocycles. The Morgan fingerprint density at radius 2 is 1.54 bits per heavy atom.